The maximum Gasteiger partial charge on any atom is 0.292 e. The highest BCUT2D eigenvalue weighted by atomic mass is 16.6. The summed E-state index contributed by atoms with van der Waals surface area (Å²) in [5, 5.41) is 19.9. The molecule has 0 amide bonds. The van der Waals surface area contributed by atoms with Crippen LogP contribution in [0.2, 0.25) is 0 Å². The minimum atomic E-state index is -0.420. The minimum Gasteiger partial charge on any atom is -0.375 e. The van der Waals surface area contributed by atoms with Crippen molar-refractivity contribution in [3.05, 3.63) is 33.9 Å². The zero-order chi connectivity index (χ0) is 13.1. The molecule has 6 heteroatoms. The van der Waals surface area contributed by atoms with Gasteiger partial charge in [-0.3, -0.25) is 10.1 Å². The molecule has 1 atom stereocenters. The van der Waals surface area contributed by atoms with E-state index in [4.69, 9.17) is 10.00 Å². The van der Waals surface area contributed by atoms with Crippen LogP contribution < -0.4 is 4.90 Å². The Labute approximate surface area is 105 Å². The van der Waals surface area contributed by atoms with Crippen LogP contribution in [0.3, 0.4) is 0 Å². The molecule has 1 saturated heterocycles. The van der Waals surface area contributed by atoms with E-state index in [2.05, 4.69) is 0 Å². The normalized spacial score (nSPS) is 19.3. The number of benzene rings is 1. The second-order valence-electron chi connectivity index (χ2n) is 4.20. The van der Waals surface area contributed by atoms with Gasteiger partial charge in [0.2, 0.25) is 0 Å². The Morgan fingerprint density at radius 1 is 1.61 bits per heavy atom. The molecule has 1 unspecified atom stereocenters. The summed E-state index contributed by atoms with van der Waals surface area (Å²) in [7, 11) is 0. The van der Waals surface area contributed by atoms with Crippen LogP contribution in [0.5, 0.6) is 0 Å². The lowest BCUT2D eigenvalue weighted by atomic mass is 10.1. The molecule has 1 aliphatic rings. The van der Waals surface area contributed by atoms with Crippen molar-refractivity contribution in [3.63, 3.8) is 0 Å². The van der Waals surface area contributed by atoms with Crippen molar-refractivity contribution in [2.24, 2.45) is 0 Å². The maximum atomic E-state index is 11.0. The summed E-state index contributed by atoms with van der Waals surface area (Å²) in [5.74, 6) is 0. The highest BCUT2D eigenvalue weighted by molar-refractivity contribution is 5.66. The van der Waals surface area contributed by atoms with E-state index in [-0.39, 0.29) is 11.8 Å². The Balaban J connectivity index is 2.40. The third-order valence-electron chi connectivity index (χ3n) is 2.88. The first-order valence-electron chi connectivity index (χ1n) is 5.67. The average molecular weight is 247 g/mol. The number of nitrogens with zero attached hydrogens (tertiary/aromatic N) is 3. The fourth-order valence-corrected chi connectivity index (χ4v) is 2.04. The first-order chi connectivity index (χ1) is 8.61. The number of nitro groups is 1. The van der Waals surface area contributed by atoms with Crippen LogP contribution in [-0.4, -0.2) is 30.7 Å². The number of hydrogen-bond donors (Lipinski definition) is 0. The quantitative estimate of drug-likeness (QED) is 0.587. The van der Waals surface area contributed by atoms with Gasteiger partial charge < -0.3 is 9.64 Å². The van der Waals surface area contributed by atoms with Gasteiger partial charge >= 0.3 is 0 Å². The van der Waals surface area contributed by atoms with Crippen LogP contribution in [0.25, 0.3) is 0 Å². The summed E-state index contributed by atoms with van der Waals surface area (Å²) in [6.07, 6.45) is 0.0316. The Morgan fingerprint density at radius 3 is 3.00 bits per heavy atom. The summed E-state index contributed by atoms with van der Waals surface area (Å²) < 4.78 is 5.41. The number of hydrogen-bond acceptors (Lipinski definition) is 5. The highest BCUT2D eigenvalue weighted by Gasteiger charge is 2.24. The summed E-state index contributed by atoms with van der Waals surface area (Å²) >= 11 is 0. The number of nitro benzene ring substituents is 1. The fraction of sp³-hybridized carbons (Fsp3) is 0.417. The van der Waals surface area contributed by atoms with Gasteiger partial charge in [-0.1, -0.05) is 0 Å². The molecule has 1 fully saturated rings. The first-order valence-corrected chi connectivity index (χ1v) is 5.67. The van der Waals surface area contributed by atoms with Gasteiger partial charge in [-0.15, -0.1) is 0 Å². The predicted molar refractivity (Wildman–Crippen MR) is 65.4 cm³/mol. The zero-order valence-electron chi connectivity index (χ0n) is 10.00. The summed E-state index contributed by atoms with van der Waals surface area (Å²) in [5.41, 5.74) is 0.951. The molecular weight excluding hydrogens is 234 g/mol. The molecule has 0 spiro atoms. The van der Waals surface area contributed by atoms with E-state index in [1.807, 2.05) is 17.9 Å². The smallest absolute Gasteiger partial charge is 0.292 e. The molecule has 0 bridgehead atoms. The van der Waals surface area contributed by atoms with Gasteiger partial charge in [-0.25, -0.2) is 0 Å². The Bertz CT molecular complexity index is 510. The molecule has 2 rings (SSSR count). The van der Waals surface area contributed by atoms with Crippen molar-refractivity contribution >= 4 is 11.4 Å². The lowest BCUT2D eigenvalue weighted by Crippen LogP contribution is -2.41. The van der Waals surface area contributed by atoms with E-state index in [0.717, 1.165) is 0 Å². The van der Waals surface area contributed by atoms with Gasteiger partial charge in [-0.2, -0.15) is 5.26 Å². The Hall–Kier alpha value is -2.13. The number of rotatable bonds is 2. The van der Waals surface area contributed by atoms with E-state index in [1.54, 1.807) is 6.07 Å². The number of ether oxygens (including phenoxy) is 1. The maximum absolute atomic E-state index is 11.0. The summed E-state index contributed by atoms with van der Waals surface area (Å²) in [6, 6.07) is 6.42. The molecule has 1 heterocycles. The standard InChI is InChI=1S/C12H13N3O3/c1-9-8-14(4-5-18-9)12-6-10(7-13)2-3-11(12)15(16)17/h2-3,6,9H,4-5,8H2,1H3. The third kappa shape index (κ3) is 2.41. The molecule has 0 aliphatic carbocycles. The molecule has 1 aliphatic heterocycles. The highest BCUT2D eigenvalue weighted by Crippen LogP contribution is 2.30. The van der Waals surface area contributed by atoms with Crippen molar-refractivity contribution in [2.45, 2.75) is 13.0 Å². The molecule has 18 heavy (non-hydrogen) atoms. The zero-order valence-corrected chi connectivity index (χ0v) is 10.00. The number of anilines is 1. The molecular formula is C12H13N3O3. The largest absolute Gasteiger partial charge is 0.375 e. The third-order valence-corrected chi connectivity index (χ3v) is 2.88. The van der Waals surface area contributed by atoms with Gasteiger partial charge in [0.05, 0.1) is 29.3 Å². The number of morpholine rings is 1. The van der Waals surface area contributed by atoms with Crippen molar-refractivity contribution in [1.29, 1.82) is 5.26 Å². The minimum absolute atomic E-state index is 0.0306. The topological polar surface area (TPSA) is 79.4 Å². The van der Waals surface area contributed by atoms with Crippen molar-refractivity contribution in [3.8, 4) is 6.07 Å². The van der Waals surface area contributed by atoms with Gasteiger partial charge in [0.25, 0.3) is 5.69 Å². The Kier molecular flexibility index (Phi) is 3.44. The van der Waals surface area contributed by atoms with Gasteiger partial charge in [0.1, 0.15) is 5.69 Å². The predicted octanol–water partition coefficient (Wildman–Crippen LogP) is 1.69. The summed E-state index contributed by atoms with van der Waals surface area (Å²) in [4.78, 5) is 12.5. The summed E-state index contributed by atoms with van der Waals surface area (Å²) in [6.45, 7) is 3.65. The molecule has 0 radical (unpaired) electrons. The molecule has 0 N–H and O–H groups in total. The second kappa shape index (κ2) is 5.02. The van der Waals surface area contributed by atoms with Crippen LogP contribution in [-0.2, 0) is 4.74 Å². The fourth-order valence-electron chi connectivity index (χ4n) is 2.04. The van der Waals surface area contributed by atoms with Crippen LogP contribution in [0.4, 0.5) is 11.4 Å². The molecule has 1 aromatic rings. The van der Waals surface area contributed by atoms with Crippen molar-refractivity contribution in [1.82, 2.24) is 0 Å². The van der Waals surface area contributed by atoms with Crippen molar-refractivity contribution < 1.29 is 9.66 Å². The van der Waals surface area contributed by atoms with E-state index < -0.39 is 4.92 Å². The molecule has 6 nitrogen and oxygen atoms in total. The number of nitriles is 1. The second-order valence-corrected chi connectivity index (χ2v) is 4.20. The Morgan fingerprint density at radius 2 is 2.39 bits per heavy atom. The van der Waals surface area contributed by atoms with E-state index in [0.29, 0.717) is 30.9 Å². The molecule has 94 valence electrons. The average Bonchev–Trinajstić information content (AvgIpc) is 2.38. The molecule has 1 aromatic carbocycles. The van der Waals surface area contributed by atoms with Gasteiger partial charge in [-0.05, 0) is 19.1 Å². The van der Waals surface area contributed by atoms with Crippen LogP contribution >= 0.6 is 0 Å². The SMILES string of the molecule is CC1CN(c2cc(C#N)ccc2[N+](=O)[O-])CCO1. The van der Waals surface area contributed by atoms with E-state index in [1.165, 1.54) is 12.1 Å². The van der Waals surface area contributed by atoms with Gasteiger partial charge in [0, 0.05) is 19.2 Å². The lowest BCUT2D eigenvalue weighted by molar-refractivity contribution is -0.384. The lowest BCUT2D eigenvalue weighted by Gasteiger charge is -2.32. The van der Waals surface area contributed by atoms with Gasteiger partial charge in [0.15, 0.2) is 0 Å². The molecule has 0 aromatic heterocycles. The van der Waals surface area contributed by atoms with E-state index >= 15 is 0 Å². The van der Waals surface area contributed by atoms with E-state index in [9.17, 15) is 10.1 Å². The van der Waals surface area contributed by atoms with Crippen molar-refractivity contribution in [2.75, 3.05) is 24.6 Å². The molecule has 0 saturated carbocycles. The van der Waals surface area contributed by atoms with Crippen LogP contribution in [0.15, 0.2) is 18.2 Å². The van der Waals surface area contributed by atoms with Crippen LogP contribution in [0.1, 0.15) is 12.5 Å². The van der Waals surface area contributed by atoms with Crippen LogP contribution in [0, 0.1) is 21.4 Å². The first kappa shape index (κ1) is 12.3. The monoisotopic (exact) mass is 247 g/mol.